The van der Waals surface area contributed by atoms with Gasteiger partial charge in [0.1, 0.15) is 6.26 Å². The van der Waals surface area contributed by atoms with Crippen molar-refractivity contribution in [1.82, 2.24) is 10.9 Å². The van der Waals surface area contributed by atoms with E-state index in [0.29, 0.717) is 0 Å². The molecule has 3 nitrogen and oxygen atoms in total. The minimum Gasteiger partial charge on any atom is -0.470 e. The van der Waals surface area contributed by atoms with E-state index in [1.807, 2.05) is 12.3 Å². The van der Waals surface area contributed by atoms with Gasteiger partial charge in [-0.25, -0.2) is 0 Å². The number of nitrogens with one attached hydrogen (secondary N) is 2. The zero-order chi connectivity index (χ0) is 6.10. The lowest BCUT2D eigenvalue weighted by molar-refractivity contribution is 0.390. The van der Waals surface area contributed by atoms with Crippen LogP contribution in [0.4, 0.5) is 0 Å². The molecule has 0 aromatic heterocycles. The van der Waals surface area contributed by atoms with E-state index in [4.69, 9.17) is 4.74 Å². The monoisotopic (exact) mass is 122 g/mol. The van der Waals surface area contributed by atoms with Crippen molar-refractivity contribution in [3.63, 3.8) is 0 Å². The molecule has 0 unspecified atom stereocenters. The number of hydrogen-bond donors (Lipinski definition) is 2. The Bertz CT molecular complexity index is 215. The van der Waals surface area contributed by atoms with Crippen molar-refractivity contribution in [2.75, 3.05) is 0 Å². The third-order valence-electron chi connectivity index (χ3n) is 1.26. The lowest BCUT2D eigenvalue weighted by Crippen LogP contribution is -2.19. The standard InChI is InChI=1S/C6H6N2O/c1-2-9-4-6-5(1)3-7-8-6/h1-4,7-8H. The molecule has 0 aromatic carbocycles. The second-order valence-electron chi connectivity index (χ2n) is 1.84. The van der Waals surface area contributed by atoms with Crippen LogP contribution in [0, 0.1) is 0 Å². The van der Waals surface area contributed by atoms with Gasteiger partial charge < -0.3 is 10.2 Å². The molecule has 2 aliphatic rings. The maximum atomic E-state index is 4.90. The maximum Gasteiger partial charge on any atom is 0.116 e. The number of allylic oxidation sites excluding steroid dienone is 1. The smallest absolute Gasteiger partial charge is 0.116 e. The van der Waals surface area contributed by atoms with E-state index < -0.39 is 0 Å². The number of ether oxygens (including phenoxy) is 1. The van der Waals surface area contributed by atoms with Gasteiger partial charge >= 0.3 is 0 Å². The third kappa shape index (κ3) is 0.579. The Morgan fingerprint density at radius 1 is 1.44 bits per heavy atom. The molecule has 46 valence electrons. The van der Waals surface area contributed by atoms with Crippen molar-refractivity contribution in [2.45, 2.75) is 0 Å². The normalized spacial score (nSPS) is 20.4. The fraction of sp³-hybridized carbons (Fsp3) is 0. The van der Waals surface area contributed by atoms with Crippen LogP contribution in [-0.2, 0) is 4.74 Å². The molecule has 0 saturated carbocycles. The Morgan fingerprint density at radius 3 is 3.33 bits per heavy atom. The number of hydrazine groups is 1. The zero-order valence-corrected chi connectivity index (χ0v) is 4.72. The molecule has 0 bridgehead atoms. The summed E-state index contributed by atoms with van der Waals surface area (Å²) in [5.41, 5.74) is 7.86. The highest BCUT2D eigenvalue weighted by Crippen LogP contribution is 2.14. The Kier molecular flexibility index (Phi) is 0.773. The van der Waals surface area contributed by atoms with Crippen LogP contribution in [0.5, 0.6) is 0 Å². The largest absolute Gasteiger partial charge is 0.470 e. The van der Waals surface area contributed by atoms with E-state index in [1.165, 1.54) is 0 Å². The minimum absolute atomic E-state index is 0.984. The van der Waals surface area contributed by atoms with Gasteiger partial charge in [0.15, 0.2) is 0 Å². The molecule has 0 fully saturated rings. The summed E-state index contributed by atoms with van der Waals surface area (Å²) in [4.78, 5) is 0. The van der Waals surface area contributed by atoms with Gasteiger partial charge in [-0.2, -0.15) is 0 Å². The Hall–Kier alpha value is -1.38. The number of fused-ring (bicyclic) bond motifs is 1. The number of hydrogen-bond acceptors (Lipinski definition) is 3. The predicted molar refractivity (Wildman–Crippen MR) is 32.7 cm³/mol. The minimum atomic E-state index is 0.984. The topological polar surface area (TPSA) is 33.3 Å². The molecular weight excluding hydrogens is 116 g/mol. The average molecular weight is 122 g/mol. The van der Waals surface area contributed by atoms with Crippen molar-refractivity contribution in [3.8, 4) is 0 Å². The highest BCUT2D eigenvalue weighted by atomic mass is 16.5. The molecule has 0 aromatic rings. The fourth-order valence-corrected chi connectivity index (χ4v) is 0.797. The van der Waals surface area contributed by atoms with Gasteiger partial charge in [-0.15, -0.1) is 0 Å². The third-order valence-corrected chi connectivity index (χ3v) is 1.26. The van der Waals surface area contributed by atoms with E-state index in [-0.39, 0.29) is 0 Å². The average Bonchev–Trinajstić information content (AvgIpc) is 2.33. The van der Waals surface area contributed by atoms with Crippen LogP contribution in [0.2, 0.25) is 0 Å². The molecule has 2 N–H and O–H groups in total. The van der Waals surface area contributed by atoms with Crippen molar-refractivity contribution in [2.24, 2.45) is 0 Å². The highest BCUT2D eigenvalue weighted by molar-refractivity contribution is 5.41. The maximum absolute atomic E-state index is 4.90. The van der Waals surface area contributed by atoms with Gasteiger partial charge in [-0.3, -0.25) is 5.43 Å². The van der Waals surface area contributed by atoms with Crippen molar-refractivity contribution < 1.29 is 4.74 Å². The van der Waals surface area contributed by atoms with Crippen molar-refractivity contribution >= 4 is 0 Å². The van der Waals surface area contributed by atoms with Crippen LogP contribution < -0.4 is 10.9 Å². The summed E-state index contributed by atoms with van der Waals surface area (Å²) in [5, 5.41) is 0. The molecule has 0 aliphatic carbocycles. The summed E-state index contributed by atoms with van der Waals surface area (Å²) >= 11 is 0. The first-order valence-corrected chi connectivity index (χ1v) is 2.71. The van der Waals surface area contributed by atoms with Crippen LogP contribution in [0.1, 0.15) is 0 Å². The summed E-state index contributed by atoms with van der Waals surface area (Å²) in [6, 6.07) is 0. The molecule has 0 spiro atoms. The molecular formula is C6H6N2O. The lowest BCUT2D eigenvalue weighted by Gasteiger charge is -2.04. The quantitative estimate of drug-likeness (QED) is 0.486. The van der Waals surface area contributed by atoms with E-state index in [0.717, 1.165) is 11.3 Å². The molecule has 2 aliphatic heterocycles. The van der Waals surface area contributed by atoms with Crippen LogP contribution in [0.15, 0.2) is 36.1 Å². The highest BCUT2D eigenvalue weighted by Gasteiger charge is 2.09. The Morgan fingerprint density at radius 2 is 2.44 bits per heavy atom. The van der Waals surface area contributed by atoms with Crippen molar-refractivity contribution in [1.29, 1.82) is 0 Å². The second-order valence-corrected chi connectivity index (χ2v) is 1.84. The van der Waals surface area contributed by atoms with Gasteiger partial charge in [0.05, 0.1) is 12.0 Å². The Balaban J connectivity index is 2.37. The first kappa shape index (κ1) is 4.49. The molecule has 3 heteroatoms. The van der Waals surface area contributed by atoms with E-state index >= 15 is 0 Å². The summed E-state index contributed by atoms with van der Waals surface area (Å²) in [7, 11) is 0. The van der Waals surface area contributed by atoms with Gasteiger partial charge in [0, 0.05) is 11.8 Å². The predicted octanol–water partition coefficient (Wildman–Crippen LogP) is 0.363. The van der Waals surface area contributed by atoms with Crippen LogP contribution in [0.25, 0.3) is 0 Å². The second kappa shape index (κ2) is 1.55. The Labute approximate surface area is 52.7 Å². The summed E-state index contributed by atoms with van der Waals surface area (Å²) in [5.74, 6) is 0. The molecule has 2 rings (SSSR count). The molecule has 0 radical (unpaired) electrons. The molecule has 0 amide bonds. The van der Waals surface area contributed by atoms with Crippen molar-refractivity contribution in [3.05, 3.63) is 36.1 Å². The fourth-order valence-electron chi connectivity index (χ4n) is 0.797. The molecule has 0 saturated heterocycles. The summed E-state index contributed by atoms with van der Waals surface area (Å²) < 4.78 is 4.90. The molecule has 2 heterocycles. The van der Waals surface area contributed by atoms with Gasteiger partial charge in [0.25, 0.3) is 0 Å². The van der Waals surface area contributed by atoms with Crippen LogP contribution >= 0.6 is 0 Å². The van der Waals surface area contributed by atoms with Gasteiger partial charge in [-0.1, -0.05) is 0 Å². The summed E-state index contributed by atoms with van der Waals surface area (Å²) in [6.07, 6.45) is 7.07. The van der Waals surface area contributed by atoms with Crippen LogP contribution in [-0.4, -0.2) is 0 Å². The van der Waals surface area contributed by atoms with E-state index in [2.05, 4.69) is 10.9 Å². The SMILES string of the molecule is C1=CC2=CNNC2=CO1. The zero-order valence-electron chi connectivity index (χ0n) is 4.72. The van der Waals surface area contributed by atoms with Crippen LogP contribution in [0.3, 0.4) is 0 Å². The number of rotatable bonds is 0. The first-order valence-electron chi connectivity index (χ1n) is 2.71. The molecule has 0 atom stereocenters. The first-order chi connectivity index (χ1) is 4.47. The van der Waals surface area contributed by atoms with E-state index in [1.54, 1.807) is 12.5 Å². The van der Waals surface area contributed by atoms with E-state index in [9.17, 15) is 0 Å². The summed E-state index contributed by atoms with van der Waals surface area (Å²) in [6.45, 7) is 0. The molecule has 9 heavy (non-hydrogen) atoms. The van der Waals surface area contributed by atoms with Gasteiger partial charge in [0.2, 0.25) is 0 Å². The van der Waals surface area contributed by atoms with Gasteiger partial charge in [-0.05, 0) is 6.08 Å². The lowest BCUT2D eigenvalue weighted by atomic mass is 10.2.